The van der Waals surface area contributed by atoms with Crippen molar-refractivity contribution in [3.8, 4) is 0 Å². The summed E-state index contributed by atoms with van der Waals surface area (Å²) in [5.41, 5.74) is 6.93. The van der Waals surface area contributed by atoms with Crippen LogP contribution >= 0.6 is 23.2 Å². The molecule has 1 amide bonds. The minimum atomic E-state index is 0.145. The van der Waals surface area contributed by atoms with E-state index in [1.807, 2.05) is 17.9 Å². The third-order valence-corrected chi connectivity index (χ3v) is 4.76. The van der Waals surface area contributed by atoms with E-state index in [-0.39, 0.29) is 11.9 Å². The van der Waals surface area contributed by atoms with E-state index in [9.17, 15) is 4.79 Å². The Balaban J connectivity index is 1.89. The highest BCUT2D eigenvalue weighted by Crippen LogP contribution is 2.23. The number of nitrogens with two attached hydrogens (primary N) is 1. The van der Waals surface area contributed by atoms with E-state index in [1.165, 1.54) is 0 Å². The van der Waals surface area contributed by atoms with Crippen LogP contribution in [0.2, 0.25) is 10.0 Å². The second kappa shape index (κ2) is 7.48. The fourth-order valence-corrected chi connectivity index (χ4v) is 3.29. The number of aryl methyl sites for hydroxylation is 1. The minimum absolute atomic E-state index is 0.145. The Morgan fingerprint density at radius 3 is 2.90 bits per heavy atom. The molecule has 5 heteroatoms. The van der Waals surface area contributed by atoms with Crippen LogP contribution in [-0.2, 0) is 11.2 Å². The lowest BCUT2D eigenvalue weighted by Crippen LogP contribution is -2.45. The summed E-state index contributed by atoms with van der Waals surface area (Å²) in [6, 6.07) is 5.56. The lowest BCUT2D eigenvalue weighted by Gasteiger charge is -2.34. The van der Waals surface area contributed by atoms with E-state index in [0.717, 1.165) is 31.5 Å². The van der Waals surface area contributed by atoms with Gasteiger partial charge in [-0.25, -0.2) is 0 Å². The van der Waals surface area contributed by atoms with Crippen LogP contribution in [0.5, 0.6) is 0 Å². The van der Waals surface area contributed by atoms with Gasteiger partial charge in [0, 0.05) is 35.6 Å². The molecule has 3 nitrogen and oxygen atoms in total. The van der Waals surface area contributed by atoms with Gasteiger partial charge in [-0.05, 0) is 49.8 Å². The highest BCUT2D eigenvalue weighted by Gasteiger charge is 2.25. The SMILES string of the molecule is C[C@@H](N)[C@H]1CCCN(C(=O)CCc2ccc(Cl)cc2Cl)C1. The van der Waals surface area contributed by atoms with E-state index < -0.39 is 0 Å². The summed E-state index contributed by atoms with van der Waals surface area (Å²) < 4.78 is 0. The largest absolute Gasteiger partial charge is 0.342 e. The van der Waals surface area contributed by atoms with E-state index in [0.29, 0.717) is 28.8 Å². The lowest BCUT2D eigenvalue weighted by atomic mass is 9.92. The molecule has 0 aromatic heterocycles. The van der Waals surface area contributed by atoms with Crippen LogP contribution in [0.4, 0.5) is 0 Å². The summed E-state index contributed by atoms with van der Waals surface area (Å²) in [6.45, 7) is 3.65. The predicted octanol–water partition coefficient (Wildman–Crippen LogP) is 3.51. The number of rotatable bonds is 4. The molecule has 2 rings (SSSR count). The molecule has 0 bridgehead atoms. The molecule has 116 valence electrons. The summed E-state index contributed by atoms with van der Waals surface area (Å²) >= 11 is 12.0. The Hall–Kier alpha value is -0.770. The fourth-order valence-electron chi connectivity index (χ4n) is 2.79. The Morgan fingerprint density at radius 2 is 2.24 bits per heavy atom. The fraction of sp³-hybridized carbons (Fsp3) is 0.562. The van der Waals surface area contributed by atoms with Crippen LogP contribution in [-0.4, -0.2) is 29.9 Å². The topological polar surface area (TPSA) is 46.3 Å². The molecule has 2 N–H and O–H groups in total. The molecule has 1 aromatic rings. The molecule has 1 aliphatic heterocycles. The number of amides is 1. The summed E-state index contributed by atoms with van der Waals surface area (Å²) in [4.78, 5) is 14.3. The normalized spacial score (nSPS) is 20.4. The number of carbonyl (C=O) groups is 1. The minimum Gasteiger partial charge on any atom is -0.342 e. The summed E-state index contributed by atoms with van der Waals surface area (Å²) in [5.74, 6) is 0.605. The van der Waals surface area contributed by atoms with E-state index >= 15 is 0 Å². The molecule has 21 heavy (non-hydrogen) atoms. The zero-order chi connectivity index (χ0) is 15.4. The van der Waals surface area contributed by atoms with Gasteiger partial charge >= 0.3 is 0 Å². The van der Waals surface area contributed by atoms with Crippen LogP contribution < -0.4 is 5.73 Å². The van der Waals surface area contributed by atoms with Crippen molar-refractivity contribution in [1.29, 1.82) is 0 Å². The molecular formula is C16H22Cl2N2O. The van der Waals surface area contributed by atoms with Gasteiger partial charge in [-0.1, -0.05) is 29.3 Å². The van der Waals surface area contributed by atoms with E-state index in [4.69, 9.17) is 28.9 Å². The van der Waals surface area contributed by atoms with Crippen molar-refractivity contribution in [2.75, 3.05) is 13.1 Å². The first kappa shape index (κ1) is 16.6. The second-order valence-corrected chi connectivity index (χ2v) is 6.68. The van der Waals surface area contributed by atoms with Crippen LogP contribution in [0, 0.1) is 5.92 Å². The third-order valence-electron chi connectivity index (χ3n) is 4.18. The first-order valence-electron chi connectivity index (χ1n) is 7.44. The third kappa shape index (κ3) is 4.60. The van der Waals surface area contributed by atoms with E-state index in [1.54, 1.807) is 12.1 Å². The van der Waals surface area contributed by atoms with Crippen LogP contribution in [0.25, 0.3) is 0 Å². The van der Waals surface area contributed by atoms with Crippen molar-refractivity contribution in [2.24, 2.45) is 11.7 Å². The van der Waals surface area contributed by atoms with Crippen molar-refractivity contribution in [3.63, 3.8) is 0 Å². The van der Waals surface area contributed by atoms with Crippen molar-refractivity contribution in [1.82, 2.24) is 4.90 Å². The number of hydrogen-bond donors (Lipinski definition) is 1. The molecule has 0 spiro atoms. The van der Waals surface area contributed by atoms with Crippen molar-refractivity contribution < 1.29 is 4.79 Å². The second-order valence-electron chi connectivity index (χ2n) is 5.84. The van der Waals surface area contributed by atoms with Gasteiger partial charge in [-0.3, -0.25) is 4.79 Å². The highest BCUT2D eigenvalue weighted by atomic mass is 35.5. The Kier molecular flexibility index (Phi) is 5.91. The molecule has 1 aliphatic rings. The maximum atomic E-state index is 12.3. The molecule has 0 radical (unpaired) electrons. The Labute approximate surface area is 136 Å². The summed E-state index contributed by atoms with van der Waals surface area (Å²) in [6.07, 6.45) is 3.28. The lowest BCUT2D eigenvalue weighted by molar-refractivity contribution is -0.133. The van der Waals surface area contributed by atoms with Crippen LogP contribution in [0.15, 0.2) is 18.2 Å². The highest BCUT2D eigenvalue weighted by molar-refractivity contribution is 6.35. The quantitative estimate of drug-likeness (QED) is 0.919. The molecule has 2 atom stereocenters. The van der Waals surface area contributed by atoms with Crippen molar-refractivity contribution in [3.05, 3.63) is 33.8 Å². The Bertz CT molecular complexity index is 505. The molecule has 0 aliphatic carbocycles. The first-order valence-corrected chi connectivity index (χ1v) is 8.20. The molecule has 0 saturated carbocycles. The van der Waals surface area contributed by atoms with Crippen molar-refractivity contribution in [2.45, 2.75) is 38.6 Å². The molecular weight excluding hydrogens is 307 g/mol. The monoisotopic (exact) mass is 328 g/mol. The maximum Gasteiger partial charge on any atom is 0.222 e. The Morgan fingerprint density at radius 1 is 1.48 bits per heavy atom. The molecule has 1 heterocycles. The number of hydrogen-bond acceptors (Lipinski definition) is 2. The molecule has 1 fully saturated rings. The number of nitrogens with zero attached hydrogens (tertiary/aromatic N) is 1. The first-order chi connectivity index (χ1) is 9.97. The molecule has 1 saturated heterocycles. The smallest absolute Gasteiger partial charge is 0.222 e. The predicted molar refractivity (Wildman–Crippen MR) is 87.7 cm³/mol. The standard InChI is InChI=1S/C16H22Cl2N2O/c1-11(19)13-3-2-8-20(10-13)16(21)7-5-12-4-6-14(17)9-15(12)18/h4,6,9,11,13H,2-3,5,7-8,10,19H2,1H3/t11-,13+/m1/s1. The number of halogens is 2. The average Bonchev–Trinajstić information content (AvgIpc) is 2.46. The van der Waals surface area contributed by atoms with Gasteiger partial charge in [0.2, 0.25) is 5.91 Å². The number of piperidine rings is 1. The van der Waals surface area contributed by atoms with E-state index in [2.05, 4.69) is 0 Å². The molecule has 1 aromatic carbocycles. The number of carbonyl (C=O) groups excluding carboxylic acids is 1. The van der Waals surface area contributed by atoms with Crippen LogP contribution in [0.3, 0.4) is 0 Å². The van der Waals surface area contributed by atoms with Gasteiger partial charge in [0.25, 0.3) is 0 Å². The number of likely N-dealkylation sites (tertiary alicyclic amines) is 1. The van der Waals surface area contributed by atoms with Gasteiger partial charge < -0.3 is 10.6 Å². The molecule has 0 unspecified atom stereocenters. The summed E-state index contributed by atoms with van der Waals surface area (Å²) in [7, 11) is 0. The van der Waals surface area contributed by atoms with Crippen molar-refractivity contribution >= 4 is 29.1 Å². The summed E-state index contributed by atoms with van der Waals surface area (Å²) in [5, 5.41) is 1.24. The van der Waals surface area contributed by atoms with Crippen LogP contribution in [0.1, 0.15) is 31.7 Å². The average molecular weight is 329 g/mol. The maximum absolute atomic E-state index is 12.3. The van der Waals surface area contributed by atoms with Gasteiger partial charge in [0.15, 0.2) is 0 Å². The van der Waals surface area contributed by atoms with Gasteiger partial charge in [0.05, 0.1) is 0 Å². The number of benzene rings is 1. The van der Waals surface area contributed by atoms with Gasteiger partial charge in [-0.2, -0.15) is 0 Å². The van der Waals surface area contributed by atoms with Gasteiger partial charge in [-0.15, -0.1) is 0 Å². The van der Waals surface area contributed by atoms with Gasteiger partial charge in [0.1, 0.15) is 0 Å². The zero-order valence-electron chi connectivity index (χ0n) is 12.3. The zero-order valence-corrected chi connectivity index (χ0v) is 13.8.